The summed E-state index contributed by atoms with van der Waals surface area (Å²) in [5, 5.41) is 11.9. The predicted octanol–water partition coefficient (Wildman–Crippen LogP) is 4.50. The highest BCUT2D eigenvalue weighted by Crippen LogP contribution is 2.21. The molecule has 0 unspecified atom stereocenters. The third-order valence-electron chi connectivity index (χ3n) is 4.45. The van der Waals surface area contributed by atoms with Crippen LogP contribution >= 0.6 is 12.2 Å². The fourth-order valence-electron chi connectivity index (χ4n) is 3.16. The van der Waals surface area contributed by atoms with Gasteiger partial charge in [-0.15, -0.1) is 0 Å². The predicted molar refractivity (Wildman–Crippen MR) is 106 cm³/mol. The van der Waals surface area contributed by atoms with Crippen LogP contribution in [0.5, 0.6) is 0 Å². The van der Waals surface area contributed by atoms with Crippen LogP contribution < -0.4 is 0 Å². The zero-order valence-electron chi connectivity index (χ0n) is 15.0. The van der Waals surface area contributed by atoms with Gasteiger partial charge in [-0.05, 0) is 67.2 Å². The molecule has 0 saturated heterocycles. The van der Waals surface area contributed by atoms with Crippen LogP contribution in [0.15, 0.2) is 59.8 Å². The Kier molecular flexibility index (Phi) is 4.45. The van der Waals surface area contributed by atoms with Crippen LogP contribution in [0.3, 0.4) is 0 Å². The van der Waals surface area contributed by atoms with Crippen LogP contribution in [0.2, 0.25) is 0 Å². The summed E-state index contributed by atoms with van der Waals surface area (Å²) >= 11 is 5.36. The fourth-order valence-corrected chi connectivity index (χ4v) is 3.36. The molecule has 0 saturated carbocycles. The van der Waals surface area contributed by atoms with E-state index in [9.17, 15) is 4.39 Å². The topological polar surface area (TPSA) is 50.4 Å². The van der Waals surface area contributed by atoms with Crippen molar-refractivity contribution in [3.63, 3.8) is 0 Å². The number of pyridine rings is 1. The molecular formula is C20H18FN5S. The van der Waals surface area contributed by atoms with Crippen LogP contribution in [0.25, 0.3) is 5.52 Å². The Labute approximate surface area is 160 Å². The average molecular weight is 379 g/mol. The highest BCUT2D eigenvalue weighted by molar-refractivity contribution is 7.71. The van der Waals surface area contributed by atoms with E-state index < -0.39 is 0 Å². The maximum absolute atomic E-state index is 13.5. The molecule has 4 aromatic rings. The number of halogens is 1. The maximum Gasteiger partial charge on any atom is 0.216 e. The van der Waals surface area contributed by atoms with Gasteiger partial charge in [-0.1, -0.05) is 13.0 Å². The van der Waals surface area contributed by atoms with E-state index in [2.05, 4.69) is 20.7 Å². The largest absolute Gasteiger partial charge is 0.315 e. The highest BCUT2D eigenvalue weighted by atomic mass is 32.1. The number of benzene rings is 1. The van der Waals surface area contributed by atoms with Crippen LogP contribution in [0.1, 0.15) is 29.6 Å². The first kappa shape index (κ1) is 17.4. The lowest BCUT2D eigenvalue weighted by molar-refractivity contribution is 0.627. The van der Waals surface area contributed by atoms with Crippen molar-refractivity contribution in [1.29, 1.82) is 0 Å². The fraction of sp³-hybridized carbons (Fsp3) is 0.150. The van der Waals surface area contributed by atoms with Crippen molar-refractivity contribution in [2.45, 2.75) is 20.3 Å². The number of nitrogens with one attached hydrogen (secondary N) is 1. The monoisotopic (exact) mass is 379 g/mol. The van der Waals surface area contributed by atoms with Gasteiger partial charge in [0.25, 0.3) is 0 Å². The van der Waals surface area contributed by atoms with Gasteiger partial charge in [-0.25, -0.2) is 4.39 Å². The van der Waals surface area contributed by atoms with Crippen molar-refractivity contribution in [2.75, 3.05) is 0 Å². The number of hydrogen-bond acceptors (Lipinski definition) is 3. The molecule has 0 radical (unpaired) electrons. The van der Waals surface area contributed by atoms with Crippen LogP contribution in [-0.4, -0.2) is 25.0 Å². The number of nitrogens with zero attached hydrogens (tertiary/aromatic N) is 4. The number of fused-ring (bicyclic) bond motifs is 1. The SMILES string of the molecule is CCc1n[nH]c(=S)n1N=C(c1ccc(F)cc1)c1c(C)cc2ccccn12. The first-order valence-electron chi connectivity index (χ1n) is 8.66. The van der Waals surface area contributed by atoms with Gasteiger partial charge in [0.1, 0.15) is 11.5 Å². The lowest BCUT2D eigenvalue weighted by atomic mass is 10.0. The molecule has 0 aliphatic carbocycles. The zero-order valence-corrected chi connectivity index (χ0v) is 15.8. The van der Waals surface area contributed by atoms with Crippen LogP contribution in [0, 0.1) is 17.5 Å². The standard InChI is InChI=1S/C20H18FN5S/c1-3-17-22-23-20(27)26(17)24-18(14-7-9-15(21)10-8-14)19-13(2)12-16-6-4-5-11-25(16)19/h4-12H,3H2,1-2H3,(H,23,27). The molecule has 27 heavy (non-hydrogen) atoms. The van der Waals surface area contributed by atoms with Gasteiger partial charge in [0.05, 0.1) is 5.69 Å². The van der Waals surface area contributed by atoms with Gasteiger partial charge < -0.3 is 4.40 Å². The number of H-pyrrole nitrogens is 1. The Bertz CT molecular complexity index is 1200. The first-order valence-corrected chi connectivity index (χ1v) is 9.07. The van der Waals surface area contributed by atoms with Gasteiger partial charge in [0.15, 0.2) is 5.82 Å². The minimum Gasteiger partial charge on any atom is -0.315 e. The van der Waals surface area contributed by atoms with Crippen molar-refractivity contribution in [2.24, 2.45) is 5.10 Å². The number of aromatic nitrogens is 4. The molecule has 1 N–H and O–H groups in total. The molecule has 3 heterocycles. The lowest BCUT2D eigenvalue weighted by Crippen LogP contribution is -2.12. The van der Waals surface area contributed by atoms with Crippen molar-refractivity contribution >= 4 is 23.4 Å². The molecule has 4 rings (SSSR count). The van der Waals surface area contributed by atoms with Crippen LogP contribution in [0.4, 0.5) is 4.39 Å². The second kappa shape index (κ2) is 6.92. The number of hydrogen-bond donors (Lipinski definition) is 1. The second-order valence-electron chi connectivity index (χ2n) is 6.24. The summed E-state index contributed by atoms with van der Waals surface area (Å²) in [6.07, 6.45) is 2.67. The summed E-state index contributed by atoms with van der Waals surface area (Å²) in [5.74, 6) is 0.446. The first-order chi connectivity index (χ1) is 13.1. The molecule has 0 atom stereocenters. The molecule has 0 aliphatic heterocycles. The van der Waals surface area contributed by atoms with Crippen molar-refractivity contribution in [3.8, 4) is 0 Å². The Balaban J connectivity index is 2.03. The number of aromatic amines is 1. The van der Waals surface area contributed by atoms with Gasteiger partial charge in [0, 0.05) is 23.7 Å². The smallest absolute Gasteiger partial charge is 0.216 e. The average Bonchev–Trinajstić information content (AvgIpc) is 3.19. The molecule has 7 heteroatoms. The van der Waals surface area contributed by atoms with Gasteiger partial charge in [-0.3, -0.25) is 5.10 Å². The van der Waals surface area contributed by atoms with Crippen molar-refractivity contribution < 1.29 is 4.39 Å². The summed E-state index contributed by atoms with van der Waals surface area (Å²) in [6.45, 7) is 4.03. The summed E-state index contributed by atoms with van der Waals surface area (Å²) in [4.78, 5) is 0. The molecule has 0 fully saturated rings. The lowest BCUT2D eigenvalue weighted by Gasteiger charge is -2.10. The van der Waals surface area contributed by atoms with E-state index in [1.807, 2.05) is 38.2 Å². The Hall–Kier alpha value is -3.06. The summed E-state index contributed by atoms with van der Waals surface area (Å²) < 4.78 is 17.6. The van der Waals surface area contributed by atoms with E-state index in [-0.39, 0.29) is 5.82 Å². The summed E-state index contributed by atoms with van der Waals surface area (Å²) in [5.41, 5.74) is 4.56. The molecule has 3 aromatic heterocycles. The molecular weight excluding hydrogens is 361 g/mol. The molecule has 5 nitrogen and oxygen atoms in total. The molecule has 0 bridgehead atoms. The molecule has 0 amide bonds. The van der Waals surface area contributed by atoms with E-state index in [0.29, 0.717) is 16.9 Å². The minimum atomic E-state index is -0.288. The molecule has 136 valence electrons. The second-order valence-corrected chi connectivity index (χ2v) is 6.62. The van der Waals surface area contributed by atoms with Crippen molar-refractivity contribution in [1.82, 2.24) is 19.3 Å². The zero-order chi connectivity index (χ0) is 19.0. The number of aryl methyl sites for hydroxylation is 2. The third kappa shape index (κ3) is 3.10. The Morgan fingerprint density at radius 2 is 2.00 bits per heavy atom. The van der Waals surface area contributed by atoms with E-state index >= 15 is 0 Å². The van der Waals surface area contributed by atoms with Crippen LogP contribution in [-0.2, 0) is 6.42 Å². The van der Waals surface area contributed by atoms with E-state index in [4.69, 9.17) is 17.3 Å². The maximum atomic E-state index is 13.5. The van der Waals surface area contributed by atoms with Gasteiger partial charge in [0.2, 0.25) is 4.77 Å². The minimum absolute atomic E-state index is 0.288. The Morgan fingerprint density at radius 1 is 1.22 bits per heavy atom. The number of rotatable bonds is 4. The summed E-state index contributed by atoms with van der Waals surface area (Å²) in [6, 6.07) is 14.4. The molecule has 0 spiro atoms. The van der Waals surface area contributed by atoms with Gasteiger partial charge in [-0.2, -0.15) is 14.9 Å². The van der Waals surface area contributed by atoms with E-state index in [1.165, 1.54) is 12.1 Å². The highest BCUT2D eigenvalue weighted by Gasteiger charge is 2.17. The summed E-state index contributed by atoms with van der Waals surface area (Å²) in [7, 11) is 0. The molecule has 0 aliphatic rings. The molecule has 1 aromatic carbocycles. The van der Waals surface area contributed by atoms with E-state index in [0.717, 1.165) is 28.2 Å². The van der Waals surface area contributed by atoms with Crippen molar-refractivity contribution in [3.05, 3.63) is 88.0 Å². The van der Waals surface area contributed by atoms with Gasteiger partial charge >= 0.3 is 0 Å². The third-order valence-corrected chi connectivity index (χ3v) is 4.71. The normalized spacial score (nSPS) is 12.0. The van der Waals surface area contributed by atoms with E-state index in [1.54, 1.807) is 16.8 Å². The Morgan fingerprint density at radius 3 is 2.74 bits per heavy atom. The quantitative estimate of drug-likeness (QED) is 0.419.